The number of halogens is 1. The van der Waals surface area contributed by atoms with E-state index in [4.69, 9.17) is 0 Å². The van der Waals surface area contributed by atoms with Crippen LogP contribution < -0.4 is 10.9 Å². The van der Waals surface area contributed by atoms with Gasteiger partial charge in [-0.15, -0.1) is 0 Å². The molecule has 1 amide bonds. The van der Waals surface area contributed by atoms with Crippen molar-refractivity contribution in [2.24, 2.45) is 0 Å². The molecule has 0 bridgehead atoms. The summed E-state index contributed by atoms with van der Waals surface area (Å²) in [7, 11) is 0. The zero-order valence-electron chi connectivity index (χ0n) is 14.8. The highest BCUT2D eigenvalue weighted by Gasteiger charge is 2.16. The Bertz CT molecular complexity index is 1200. The van der Waals surface area contributed by atoms with E-state index in [1.165, 1.54) is 53.2 Å². The predicted molar refractivity (Wildman–Crippen MR) is 102 cm³/mol. The second-order valence-electron chi connectivity index (χ2n) is 6.03. The van der Waals surface area contributed by atoms with Gasteiger partial charge in [0.05, 0.1) is 22.7 Å². The SMILES string of the molecule is N#Cc1cc([N+](=O)[O-])ccc1NC(=O)c1cccn(Cc2ccc(F)cc2)c1=O. The first kappa shape index (κ1) is 19.4. The van der Waals surface area contributed by atoms with Crippen LogP contribution in [0.25, 0.3) is 0 Å². The van der Waals surface area contributed by atoms with Gasteiger partial charge in [-0.2, -0.15) is 5.26 Å². The highest BCUT2D eigenvalue weighted by molar-refractivity contribution is 6.04. The molecule has 1 N–H and O–H groups in total. The van der Waals surface area contributed by atoms with Crippen molar-refractivity contribution >= 4 is 17.3 Å². The van der Waals surface area contributed by atoms with Gasteiger partial charge in [0, 0.05) is 18.3 Å². The maximum absolute atomic E-state index is 13.0. The molecule has 1 aromatic heterocycles. The van der Waals surface area contributed by atoms with Gasteiger partial charge in [-0.05, 0) is 35.9 Å². The molecule has 3 rings (SSSR count). The van der Waals surface area contributed by atoms with E-state index >= 15 is 0 Å². The Labute approximate surface area is 163 Å². The monoisotopic (exact) mass is 392 g/mol. The molecule has 0 unspecified atom stereocenters. The van der Waals surface area contributed by atoms with Crippen molar-refractivity contribution in [1.29, 1.82) is 5.26 Å². The number of nitriles is 1. The molecule has 0 aliphatic heterocycles. The molecule has 0 aliphatic carbocycles. The third-order valence-electron chi connectivity index (χ3n) is 4.11. The lowest BCUT2D eigenvalue weighted by atomic mass is 10.1. The molecule has 0 radical (unpaired) electrons. The quantitative estimate of drug-likeness (QED) is 0.529. The van der Waals surface area contributed by atoms with Gasteiger partial charge >= 0.3 is 0 Å². The van der Waals surface area contributed by atoms with Crippen molar-refractivity contribution in [3.8, 4) is 6.07 Å². The van der Waals surface area contributed by atoms with Crippen molar-refractivity contribution in [2.75, 3.05) is 5.32 Å². The Hall–Kier alpha value is -4.32. The van der Waals surface area contributed by atoms with Crippen LogP contribution in [-0.4, -0.2) is 15.4 Å². The number of non-ortho nitro benzene ring substituents is 1. The Balaban J connectivity index is 1.87. The second-order valence-corrected chi connectivity index (χ2v) is 6.03. The molecule has 0 spiro atoms. The molecule has 2 aromatic carbocycles. The zero-order chi connectivity index (χ0) is 21.0. The Kier molecular flexibility index (Phi) is 5.46. The number of rotatable bonds is 5. The van der Waals surface area contributed by atoms with E-state index in [9.17, 15) is 29.4 Å². The van der Waals surface area contributed by atoms with Crippen LogP contribution in [0.15, 0.2) is 65.6 Å². The molecular formula is C20H13FN4O4. The number of pyridine rings is 1. The fourth-order valence-electron chi connectivity index (χ4n) is 2.66. The summed E-state index contributed by atoms with van der Waals surface area (Å²) >= 11 is 0. The number of nitro groups is 1. The fraction of sp³-hybridized carbons (Fsp3) is 0.0500. The van der Waals surface area contributed by atoms with E-state index < -0.39 is 22.2 Å². The minimum atomic E-state index is -0.756. The normalized spacial score (nSPS) is 10.2. The maximum Gasteiger partial charge on any atom is 0.270 e. The van der Waals surface area contributed by atoms with Gasteiger partial charge in [-0.25, -0.2) is 4.39 Å². The van der Waals surface area contributed by atoms with Crippen LogP contribution in [0.2, 0.25) is 0 Å². The largest absolute Gasteiger partial charge is 0.321 e. The first-order valence-electron chi connectivity index (χ1n) is 8.33. The summed E-state index contributed by atoms with van der Waals surface area (Å²) < 4.78 is 14.3. The topological polar surface area (TPSA) is 118 Å². The lowest BCUT2D eigenvalue weighted by Gasteiger charge is -2.10. The van der Waals surface area contributed by atoms with Crippen LogP contribution in [0, 0.1) is 27.3 Å². The molecule has 9 heteroatoms. The van der Waals surface area contributed by atoms with Gasteiger partial charge in [-0.3, -0.25) is 19.7 Å². The van der Waals surface area contributed by atoms with Crippen LogP contribution >= 0.6 is 0 Å². The van der Waals surface area contributed by atoms with E-state index in [1.807, 2.05) is 0 Å². The van der Waals surface area contributed by atoms with E-state index in [0.29, 0.717) is 5.56 Å². The number of aromatic nitrogens is 1. The molecule has 3 aromatic rings. The lowest BCUT2D eigenvalue weighted by Crippen LogP contribution is -2.29. The minimum Gasteiger partial charge on any atom is -0.321 e. The maximum atomic E-state index is 13.0. The van der Waals surface area contributed by atoms with Crippen molar-refractivity contribution in [3.05, 3.63) is 104 Å². The number of benzene rings is 2. The molecule has 0 aliphatic rings. The molecule has 0 saturated heterocycles. The predicted octanol–water partition coefficient (Wildman–Crippen LogP) is 3.07. The van der Waals surface area contributed by atoms with Crippen LogP contribution in [0.5, 0.6) is 0 Å². The Morgan fingerprint density at radius 3 is 2.59 bits per heavy atom. The molecule has 0 atom stereocenters. The number of nitro benzene ring substituents is 1. The van der Waals surface area contributed by atoms with Crippen molar-refractivity contribution < 1.29 is 14.1 Å². The van der Waals surface area contributed by atoms with Crippen molar-refractivity contribution in [3.63, 3.8) is 0 Å². The van der Waals surface area contributed by atoms with Crippen LogP contribution in [-0.2, 0) is 6.54 Å². The van der Waals surface area contributed by atoms with E-state index in [-0.39, 0.29) is 29.0 Å². The first-order chi connectivity index (χ1) is 13.9. The van der Waals surface area contributed by atoms with Gasteiger partial charge < -0.3 is 9.88 Å². The number of hydrogen-bond acceptors (Lipinski definition) is 5. The highest BCUT2D eigenvalue weighted by atomic mass is 19.1. The van der Waals surface area contributed by atoms with Crippen molar-refractivity contribution in [1.82, 2.24) is 4.57 Å². The molecule has 29 heavy (non-hydrogen) atoms. The van der Waals surface area contributed by atoms with Crippen LogP contribution in [0.1, 0.15) is 21.5 Å². The van der Waals surface area contributed by atoms with Crippen molar-refractivity contribution in [2.45, 2.75) is 6.54 Å². The number of amides is 1. The average Bonchev–Trinajstić information content (AvgIpc) is 2.71. The van der Waals surface area contributed by atoms with Gasteiger partial charge in [0.1, 0.15) is 17.4 Å². The summed E-state index contributed by atoms with van der Waals surface area (Å²) in [5.41, 5.74) is -0.410. The number of carbonyl (C=O) groups is 1. The summed E-state index contributed by atoms with van der Waals surface area (Å²) in [6.45, 7) is 0.140. The molecule has 0 saturated carbocycles. The first-order valence-corrected chi connectivity index (χ1v) is 8.33. The minimum absolute atomic E-state index is 0.0523. The summed E-state index contributed by atoms with van der Waals surface area (Å²) in [4.78, 5) is 35.4. The number of nitrogens with zero attached hydrogens (tertiary/aromatic N) is 3. The molecule has 8 nitrogen and oxygen atoms in total. The highest BCUT2D eigenvalue weighted by Crippen LogP contribution is 2.21. The zero-order valence-corrected chi connectivity index (χ0v) is 14.8. The van der Waals surface area contributed by atoms with Gasteiger partial charge in [-0.1, -0.05) is 12.1 Å². The molecule has 144 valence electrons. The number of carbonyl (C=O) groups excluding carboxylic acids is 1. The van der Waals surface area contributed by atoms with E-state index in [0.717, 1.165) is 12.1 Å². The third kappa shape index (κ3) is 4.33. The molecule has 0 fully saturated rings. The summed E-state index contributed by atoms with van der Waals surface area (Å²) in [6, 6.07) is 13.6. The van der Waals surface area contributed by atoms with E-state index in [1.54, 1.807) is 6.07 Å². The second kappa shape index (κ2) is 8.14. The van der Waals surface area contributed by atoms with Crippen LogP contribution in [0.3, 0.4) is 0 Å². The number of hydrogen-bond donors (Lipinski definition) is 1. The third-order valence-corrected chi connectivity index (χ3v) is 4.11. The van der Waals surface area contributed by atoms with Gasteiger partial charge in [0.25, 0.3) is 17.2 Å². The number of anilines is 1. The fourth-order valence-corrected chi connectivity index (χ4v) is 2.66. The summed E-state index contributed by atoms with van der Waals surface area (Å²) in [5, 5.41) is 22.4. The Morgan fingerprint density at radius 2 is 1.93 bits per heavy atom. The lowest BCUT2D eigenvalue weighted by molar-refractivity contribution is -0.384. The van der Waals surface area contributed by atoms with Gasteiger partial charge in [0.2, 0.25) is 0 Å². The van der Waals surface area contributed by atoms with Crippen LogP contribution in [0.4, 0.5) is 15.8 Å². The Morgan fingerprint density at radius 1 is 1.21 bits per heavy atom. The average molecular weight is 392 g/mol. The standard InChI is InChI=1S/C20H13FN4O4/c21-15-5-3-13(4-6-15)12-24-9-1-2-17(20(24)27)19(26)23-18-8-7-16(25(28)29)10-14(18)11-22/h1-10H,12H2,(H,23,26). The summed E-state index contributed by atoms with van der Waals surface area (Å²) in [5.74, 6) is -1.15. The van der Waals surface area contributed by atoms with Gasteiger partial charge in [0.15, 0.2) is 0 Å². The molecular weight excluding hydrogens is 379 g/mol. The number of nitrogens with one attached hydrogen (secondary N) is 1. The summed E-state index contributed by atoms with van der Waals surface area (Å²) in [6.07, 6.45) is 1.50. The van der Waals surface area contributed by atoms with E-state index in [2.05, 4.69) is 5.32 Å². The smallest absolute Gasteiger partial charge is 0.270 e. The molecule has 1 heterocycles.